The van der Waals surface area contributed by atoms with E-state index in [0.29, 0.717) is 15.5 Å². The van der Waals surface area contributed by atoms with Crippen LogP contribution < -0.4 is 4.74 Å². The highest BCUT2D eigenvalue weighted by molar-refractivity contribution is 14.1. The average Bonchev–Trinajstić information content (AvgIpc) is 0.766. The van der Waals surface area contributed by atoms with Crippen LogP contribution in [0.15, 0.2) is 42.5 Å². The standard InChI is InChI=1S/C68H101IO30S2/c1-70-27-38-44-50(75-6)56(81-12)62(88-38)95-45-39(28-71-2)90-64(58(83-14)51(45)76-7)97-47-41(30-73-4)92-66(60(85-16)53(47)78-9)99-49-43(32-87-37-26-36(69)25-24-34(37)21-18-33-19-22-35(23-20-33)68(100)101)93-67(61(86-17)55(49)80-11)98-48-42(31-74-5)91-65(59(84-15)54(48)79-10)96-46-40(29-72-3)89-63(94-44)57(82-13)52(46)77-8/h19-20,22-26,38-67H,27-32H2,1-17H3,(H,100,101). The fourth-order valence-electron chi connectivity index (χ4n) is 14.3. The summed E-state index contributed by atoms with van der Waals surface area (Å²) in [6.45, 7) is -0.402. The highest BCUT2D eigenvalue weighted by Gasteiger charge is 2.61. The van der Waals surface area contributed by atoms with Crippen LogP contribution in [0.4, 0.5) is 0 Å². The van der Waals surface area contributed by atoms with Crippen LogP contribution in [0, 0.1) is 15.4 Å². The second-order valence-electron chi connectivity index (χ2n) is 24.6. The van der Waals surface area contributed by atoms with E-state index >= 15 is 0 Å². The molecule has 22 fully saturated rings. The summed E-state index contributed by atoms with van der Waals surface area (Å²) in [5.74, 6) is 6.98. The first-order valence-electron chi connectivity index (χ1n) is 33.0. The van der Waals surface area contributed by atoms with Crippen LogP contribution in [0.3, 0.4) is 0 Å². The Balaban J connectivity index is 1.16. The molecule has 24 rings (SSSR count). The van der Waals surface area contributed by atoms with Gasteiger partial charge in [-0.2, -0.15) is 0 Å². The van der Waals surface area contributed by atoms with Crippen molar-refractivity contribution in [2.24, 2.45) is 0 Å². The molecule has 2 aromatic rings. The molecule has 0 amide bonds. The monoisotopic (exact) mass is 1590 g/mol. The Hall–Kier alpha value is -2.19. The molecule has 22 saturated heterocycles. The first-order valence-corrected chi connectivity index (χ1v) is 34.9. The lowest BCUT2D eigenvalue weighted by Crippen LogP contribution is -2.70. The second kappa shape index (κ2) is 40.3. The molecule has 0 aliphatic carbocycles. The van der Waals surface area contributed by atoms with Crippen molar-refractivity contribution in [3.8, 4) is 17.6 Å². The molecule has 0 spiro atoms. The van der Waals surface area contributed by atoms with E-state index in [1.54, 1.807) is 0 Å². The van der Waals surface area contributed by atoms with Crippen molar-refractivity contribution in [3.05, 3.63) is 62.7 Å². The van der Waals surface area contributed by atoms with E-state index < -0.39 is 184 Å². The summed E-state index contributed by atoms with van der Waals surface area (Å²) in [6, 6.07) is 13.1. The minimum absolute atomic E-state index is 0.0245. The van der Waals surface area contributed by atoms with Gasteiger partial charge in [-0.3, -0.25) is 0 Å². The number of thiol groups is 1. The third-order valence-corrected chi connectivity index (χ3v) is 20.2. The molecular formula is C68H101IO30S2. The van der Waals surface area contributed by atoms with Gasteiger partial charge in [-0.15, -0.1) is 12.6 Å². The number of rotatable bonds is 26. The first-order chi connectivity index (χ1) is 49.1. The van der Waals surface area contributed by atoms with Crippen LogP contribution in [-0.2, 0) is 137 Å². The van der Waals surface area contributed by atoms with Gasteiger partial charge in [0.25, 0.3) is 0 Å². The number of hydrogen-bond acceptors (Lipinski definition) is 31. The third-order valence-electron chi connectivity index (χ3n) is 19.0. The molecule has 30 nitrogen and oxygen atoms in total. The quantitative estimate of drug-likeness (QED) is 0.0614. The SMILES string of the molecule is COCC1OC2OC3C(COC)OC(OC4C(COC)OC(OC5C(COc6cc(I)ccc6C#Cc6ccc(C(=S)S)cc6)OC(OC6C(COC)OC(OC7C(COC)OC(OC1C(OC)C2OC)C(OC)C7OC)C(OC)C6OC)C(OC)C5OC)C(OC)C4OC)C(OC)C3OC. The summed E-state index contributed by atoms with van der Waals surface area (Å²) in [5.41, 5.74) is 2.11. The molecule has 0 saturated carbocycles. The van der Waals surface area contributed by atoms with E-state index in [0.717, 1.165) is 14.7 Å². The zero-order valence-corrected chi connectivity index (χ0v) is 64.0. The van der Waals surface area contributed by atoms with E-state index in [1.165, 1.54) is 121 Å². The van der Waals surface area contributed by atoms with E-state index in [4.69, 9.17) is 154 Å². The van der Waals surface area contributed by atoms with Gasteiger partial charge < -0.3 is 142 Å². The van der Waals surface area contributed by atoms with Crippen LogP contribution in [0.1, 0.15) is 16.7 Å². The van der Waals surface area contributed by atoms with Gasteiger partial charge in [0.15, 0.2) is 37.7 Å². The van der Waals surface area contributed by atoms with Gasteiger partial charge in [0.2, 0.25) is 0 Å². The van der Waals surface area contributed by atoms with Crippen LogP contribution >= 0.6 is 47.4 Å². The first kappa shape index (κ1) is 82.9. The van der Waals surface area contributed by atoms with Crippen molar-refractivity contribution in [1.82, 2.24) is 0 Å². The maximum Gasteiger partial charge on any atom is 0.187 e. The Bertz CT molecular complexity index is 2860. The average molecular weight is 1590 g/mol. The zero-order valence-electron chi connectivity index (χ0n) is 60.1. The Morgan fingerprint density at radius 1 is 0.337 bits per heavy atom. The highest BCUT2D eigenvalue weighted by atomic mass is 127. The zero-order chi connectivity index (χ0) is 72.6. The molecule has 22 aliphatic rings. The minimum Gasteiger partial charge on any atom is -0.489 e. The molecule has 12 bridgehead atoms. The molecule has 0 aromatic heterocycles. The number of ether oxygens (including phenoxy) is 30. The molecule has 0 radical (unpaired) electrons. The Kier molecular flexibility index (Phi) is 33.1. The van der Waals surface area contributed by atoms with Crippen molar-refractivity contribution in [3.63, 3.8) is 0 Å². The maximum absolute atomic E-state index is 7.26. The fourth-order valence-corrected chi connectivity index (χ4v) is 15.0. The van der Waals surface area contributed by atoms with Gasteiger partial charge in [0.1, 0.15) is 159 Å². The van der Waals surface area contributed by atoms with Gasteiger partial charge in [-0.05, 0) is 58.5 Å². The maximum atomic E-state index is 7.26. The molecule has 572 valence electrons. The summed E-state index contributed by atoms with van der Waals surface area (Å²) in [7, 11) is 25.8. The summed E-state index contributed by atoms with van der Waals surface area (Å²) in [5, 5.41) is 0. The summed E-state index contributed by atoms with van der Waals surface area (Å²) in [4.78, 5) is 0. The molecule has 33 heteroatoms. The van der Waals surface area contributed by atoms with Crippen LogP contribution in [0.2, 0.25) is 0 Å². The van der Waals surface area contributed by atoms with E-state index in [2.05, 4.69) is 47.1 Å². The predicted molar refractivity (Wildman–Crippen MR) is 368 cm³/mol. The lowest BCUT2D eigenvalue weighted by Gasteiger charge is -2.53. The fraction of sp³-hybridized carbons (Fsp3) is 0.779. The minimum atomic E-state index is -1.30. The number of thiocarbonyl (C=S) groups is 1. The second-order valence-corrected chi connectivity index (χ2v) is 27.0. The van der Waals surface area contributed by atoms with E-state index in [-0.39, 0.29) is 39.6 Å². The molecule has 30 unspecified atom stereocenters. The van der Waals surface area contributed by atoms with Crippen LogP contribution in [-0.4, -0.2) is 349 Å². The summed E-state index contributed by atoms with van der Waals surface area (Å²) >= 11 is 11.8. The van der Waals surface area contributed by atoms with Crippen molar-refractivity contribution < 1.29 is 142 Å². The van der Waals surface area contributed by atoms with Gasteiger partial charge in [-0.25, -0.2) is 0 Å². The van der Waals surface area contributed by atoms with Crippen molar-refractivity contribution in [1.29, 1.82) is 0 Å². The topological polar surface area (TPSA) is 277 Å². The molecular weight excluding hydrogens is 1490 g/mol. The van der Waals surface area contributed by atoms with Crippen molar-refractivity contribution >= 4 is 51.6 Å². The van der Waals surface area contributed by atoms with Crippen LogP contribution in [0.5, 0.6) is 5.75 Å². The Morgan fingerprint density at radius 2 is 0.584 bits per heavy atom. The van der Waals surface area contributed by atoms with Gasteiger partial charge in [0, 0.05) is 130 Å². The van der Waals surface area contributed by atoms with Gasteiger partial charge in [0.05, 0.1) is 42.8 Å². The highest BCUT2D eigenvalue weighted by Crippen LogP contribution is 2.43. The molecule has 2 aromatic carbocycles. The molecule has 0 N–H and O–H groups in total. The van der Waals surface area contributed by atoms with Crippen molar-refractivity contribution in [2.45, 2.75) is 184 Å². The van der Waals surface area contributed by atoms with Crippen LogP contribution in [0.25, 0.3) is 0 Å². The van der Waals surface area contributed by atoms with Gasteiger partial charge in [-0.1, -0.05) is 36.2 Å². The van der Waals surface area contributed by atoms with Gasteiger partial charge >= 0.3 is 0 Å². The van der Waals surface area contributed by atoms with Crippen molar-refractivity contribution in [2.75, 3.05) is 161 Å². The normalized spacial score (nSPS) is 40.0. The summed E-state index contributed by atoms with van der Waals surface area (Å²) in [6.07, 6.45) is -31.5. The number of methoxy groups -OCH3 is 17. The molecule has 30 atom stereocenters. The molecule has 22 aliphatic heterocycles. The lowest BCUT2D eigenvalue weighted by atomic mass is 9.94. The third kappa shape index (κ3) is 18.9. The molecule has 101 heavy (non-hydrogen) atoms. The Labute approximate surface area is 615 Å². The largest absolute Gasteiger partial charge is 0.489 e. The van der Waals surface area contributed by atoms with E-state index in [9.17, 15) is 0 Å². The smallest absolute Gasteiger partial charge is 0.187 e. The summed E-state index contributed by atoms with van der Waals surface area (Å²) < 4.78 is 198. The lowest BCUT2D eigenvalue weighted by molar-refractivity contribution is -0.409. The number of hydrogen-bond donors (Lipinski definition) is 1. The molecule has 22 heterocycles. The predicted octanol–water partition coefficient (Wildman–Crippen LogP) is 2.76. The number of benzene rings is 2. The Morgan fingerprint density at radius 3 is 0.812 bits per heavy atom. The van der Waals surface area contributed by atoms with E-state index in [1.807, 2.05) is 42.5 Å². The number of halogens is 1.